The summed E-state index contributed by atoms with van der Waals surface area (Å²) in [7, 11) is 1.83. The Morgan fingerprint density at radius 2 is 2.18 bits per heavy atom. The van der Waals surface area contributed by atoms with Crippen molar-refractivity contribution < 1.29 is 4.79 Å². The van der Waals surface area contributed by atoms with Crippen LogP contribution in [0.4, 0.5) is 11.5 Å². The normalized spacial score (nSPS) is 10.5. The number of rotatable bonds is 2. The van der Waals surface area contributed by atoms with Crippen LogP contribution in [-0.2, 0) is 7.05 Å². The number of carbonyl (C=O) groups excluding carboxylic acids is 1. The second-order valence-electron chi connectivity index (χ2n) is 3.87. The van der Waals surface area contributed by atoms with Gasteiger partial charge in [0.15, 0.2) is 5.82 Å². The Kier molecular flexibility index (Phi) is 2.89. The molecule has 0 atom stereocenters. The molecule has 2 rings (SSSR count). The Balaban J connectivity index is 2.16. The van der Waals surface area contributed by atoms with Crippen molar-refractivity contribution in [3.8, 4) is 0 Å². The first-order valence-electron chi connectivity index (χ1n) is 5.15. The topological polar surface area (TPSA) is 72.9 Å². The zero-order valence-corrected chi connectivity index (χ0v) is 10.8. The third-order valence-electron chi connectivity index (χ3n) is 2.54. The predicted molar refractivity (Wildman–Crippen MR) is 69.4 cm³/mol. The van der Waals surface area contributed by atoms with Gasteiger partial charge in [0, 0.05) is 29.4 Å². The molecule has 0 aliphatic rings. The van der Waals surface area contributed by atoms with Crippen molar-refractivity contribution >= 4 is 28.7 Å². The molecule has 2 heterocycles. The van der Waals surface area contributed by atoms with Gasteiger partial charge in [0.25, 0.3) is 5.91 Å². The number of hydrogen-bond donors (Lipinski definition) is 2. The van der Waals surface area contributed by atoms with Crippen molar-refractivity contribution in [1.82, 2.24) is 9.78 Å². The molecule has 2 aromatic rings. The Hall–Kier alpha value is -1.82. The highest BCUT2D eigenvalue weighted by Crippen LogP contribution is 2.24. The van der Waals surface area contributed by atoms with E-state index in [4.69, 9.17) is 5.73 Å². The van der Waals surface area contributed by atoms with Crippen LogP contribution in [0.25, 0.3) is 0 Å². The number of thiophene rings is 1. The number of carbonyl (C=O) groups is 1. The zero-order chi connectivity index (χ0) is 12.6. The van der Waals surface area contributed by atoms with Crippen LogP contribution in [0.2, 0.25) is 0 Å². The van der Waals surface area contributed by atoms with Gasteiger partial charge in [-0.3, -0.25) is 9.48 Å². The molecule has 1 amide bonds. The minimum Gasteiger partial charge on any atom is -0.398 e. The average molecular weight is 250 g/mol. The van der Waals surface area contributed by atoms with E-state index in [1.807, 2.05) is 27.0 Å². The number of aromatic nitrogens is 2. The van der Waals surface area contributed by atoms with E-state index >= 15 is 0 Å². The molecule has 3 N–H and O–H groups in total. The average Bonchev–Trinajstić information content (AvgIpc) is 2.73. The Bertz CT molecular complexity index is 531. The maximum Gasteiger partial charge on any atom is 0.267 e. The van der Waals surface area contributed by atoms with Crippen molar-refractivity contribution in [2.24, 2.45) is 7.05 Å². The molecule has 0 fully saturated rings. The largest absolute Gasteiger partial charge is 0.398 e. The summed E-state index contributed by atoms with van der Waals surface area (Å²) in [6.45, 7) is 3.82. The zero-order valence-electron chi connectivity index (χ0n) is 9.94. The molecular weight excluding hydrogens is 236 g/mol. The number of hydrogen-bond acceptors (Lipinski definition) is 4. The highest BCUT2D eigenvalue weighted by molar-refractivity contribution is 7.14. The molecule has 0 aliphatic carbocycles. The number of anilines is 2. The van der Waals surface area contributed by atoms with Gasteiger partial charge >= 0.3 is 0 Å². The van der Waals surface area contributed by atoms with Gasteiger partial charge in [0.05, 0.1) is 4.88 Å². The lowest BCUT2D eigenvalue weighted by Crippen LogP contribution is -2.10. The summed E-state index contributed by atoms with van der Waals surface area (Å²) in [5, 5.41) is 6.91. The summed E-state index contributed by atoms with van der Waals surface area (Å²) in [4.78, 5) is 13.4. The van der Waals surface area contributed by atoms with E-state index in [-0.39, 0.29) is 5.91 Å². The smallest absolute Gasteiger partial charge is 0.267 e. The van der Waals surface area contributed by atoms with Crippen LogP contribution < -0.4 is 11.1 Å². The summed E-state index contributed by atoms with van der Waals surface area (Å²) in [6.07, 6.45) is 0. The van der Waals surface area contributed by atoms with E-state index in [9.17, 15) is 4.79 Å². The molecule has 0 bridgehead atoms. The maximum atomic E-state index is 11.9. The van der Waals surface area contributed by atoms with Crippen molar-refractivity contribution in [3.63, 3.8) is 0 Å². The van der Waals surface area contributed by atoms with Gasteiger partial charge < -0.3 is 11.1 Å². The monoisotopic (exact) mass is 250 g/mol. The molecule has 0 saturated heterocycles. The van der Waals surface area contributed by atoms with Crippen LogP contribution in [-0.4, -0.2) is 15.7 Å². The molecule has 0 saturated carbocycles. The molecule has 0 aromatic carbocycles. The Morgan fingerprint density at radius 1 is 1.47 bits per heavy atom. The van der Waals surface area contributed by atoms with Gasteiger partial charge in [-0.1, -0.05) is 0 Å². The number of nitrogens with one attached hydrogen (secondary N) is 1. The molecule has 6 heteroatoms. The molecule has 0 aliphatic heterocycles. The number of nitrogen functional groups attached to an aromatic ring is 1. The first kappa shape index (κ1) is 11.7. The standard InChI is InChI=1S/C11H14N4OS/c1-6-4-10(14-15(6)3)13-11(16)9-5-8(12)7(2)17-9/h4-5H,12H2,1-3H3,(H,13,14,16). The minimum absolute atomic E-state index is 0.173. The summed E-state index contributed by atoms with van der Waals surface area (Å²) in [6, 6.07) is 3.51. The summed E-state index contributed by atoms with van der Waals surface area (Å²) in [5.74, 6) is 0.382. The summed E-state index contributed by atoms with van der Waals surface area (Å²) in [5.41, 5.74) is 7.35. The fourth-order valence-corrected chi connectivity index (χ4v) is 2.24. The van der Waals surface area contributed by atoms with Crippen molar-refractivity contribution in [1.29, 1.82) is 0 Å². The third-order valence-corrected chi connectivity index (χ3v) is 3.60. The van der Waals surface area contributed by atoms with E-state index in [0.29, 0.717) is 16.4 Å². The lowest BCUT2D eigenvalue weighted by molar-refractivity contribution is 0.103. The van der Waals surface area contributed by atoms with Gasteiger partial charge in [0.2, 0.25) is 0 Å². The molecule has 0 spiro atoms. The lowest BCUT2D eigenvalue weighted by Gasteiger charge is -1.97. The first-order chi connectivity index (χ1) is 7.97. The fourth-order valence-electron chi connectivity index (χ4n) is 1.41. The Labute approximate surface area is 103 Å². The highest BCUT2D eigenvalue weighted by atomic mass is 32.1. The minimum atomic E-state index is -0.173. The quantitative estimate of drug-likeness (QED) is 0.855. The molecule has 17 heavy (non-hydrogen) atoms. The summed E-state index contributed by atoms with van der Waals surface area (Å²) < 4.78 is 1.71. The predicted octanol–water partition coefficient (Wildman–Crippen LogP) is 1.93. The Morgan fingerprint density at radius 3 is 2.65 bits per heavy atom. The number of amides is 1. The van der Waals surface area contributed by atoms with E-state index in [1.54, 1.807) is 10.7 Å². The van der Waals surface area contributed by atoms with E-state index < -0.39 is 0 Å². The third kappa shape index (κ3) is 2.31. The van der Waals surface area contributed by atoms with Gasteiger partial charge in [-0.2, -0.15) is 5.10 Å². The van der Waals surface area contributed by atoms with E-state index in [1.165, 1.54) is 11.3 Å². The maximum absolute atomic E-state index is 11.9. The molecule has 90 valence electrons. The first-order valence-corrected chi connectivity index (χ1v) is 5.97. The molecule has 0 radical (unpaired) electrons. The second kappa shape index (κ2) is 4.21. The summed E-state index contributed by atoms with van der Waals surface area (Å²) >= 11 is 1.38. The molecule has 5 nitrogen and oxygen atoms in total. The molecule has 0 unspecified atom stereocenters. The van der Waals surface area contributed by atoms with Crippen LogP contribution >= 0.6 is 11.3 Å². The van der Waals surface area contributed by atoms with Gasteiger partial charge in [0.1, 0.15) is 0 Å². The number of nitrogens with zero attached hydrogens (tertiary/aromatic N) is 2. The van der Waals surface area contributed by atoms with Crippen LogP contribution in [0.1, 0.15) is 20.2 Å². The SMILES string of the molecule is Cc1sc(C(=O)Nc2cc(C)n(C)n2)cc1N. The van der Waals surface area contributed by atoms with E-state index in [0.717, 1.165) is 10.6 Å². The van der Waals surface area contributed by atoms with Gasteiger partial charge in [-0.25, -0.2) is 0 Å². The van der Waals surface area contributed by atoms with Crippen molar-refractivity contribution in [2.45, 2.75) is 13.8 Å². The van der Waals surface area contributed by atoms with Crippen LogP contribution in [0.5, 0.6) is 0 Å². The fraction of sp³-hybridized carbons (Fsp3) is 0.273. The van der Waals surface area contributed by atoms with Gasteiger partial charge in [-0.05, 0) is 19.9 Å². The molecular formula is C11H14N4OS. The van der Waals surface area contributed by atoms with Crippen molar-refractivity contribution in [2.75, 3.05) is 11.1 Å². The number of aryl methyl sites for hydroxylation is 3. The highest BCUT2D eigenvalue weighted by Gasteiger charge is 2.12. The number of nitrogens with two attached hydrogens (primary N) is 1. The second-order valence-corrected chi connectivity index (χ2v) is 5.13. The van der Waals surface area contributed by atoms with Crippen LogP contribution in [0.15, 0.2) is 12.1 Å². The molecule has 2 aromatic heterocycles. The van der Waals surface area contributed by atoms with Gasteiger partial charge in [-0.15, -0.1) is 11.3 Å². The van der Waals surface area contributed by atoms with E-state index in [2.05, 4.69) is 10.4 Å². The van der Waals surface area contributed by atoms with Crippen LogP contribution in [0.3, 0.4) is 0 Å². The van der Waals surface area contributed by atoms with Crippen molar-refractivity contribution in [3.05, 3.63) is 27.6 Å². The van der Waals surface area contributed by atoms with Crippen LogP contribution in [0, 0.1) is 13.8 Å². The lowest BCUT2D eigenvalue weighted by atomic mass is 10.3.